The monoisotopic (exact) mass is 382 g/mol. The molecule has 27 heavy (non-hydrogen) atoms. The van der Waals surface area contributed by atoms with E-state index >= 15 is 0 Å². The van der Waals surface area contributed by atoms with Gasteiger partial charge in [-0.1, -0.05) is 54.1 Å². The molecule has 0 atom stereocenters. The maximum Gasteiger partial charge on any atom is 0.246 e. The van der Waals surface area contributed by atoms with Gasteiger partial charge in [-0.05, 0) is 17.3 Å². The second-order valence-electron chi connectivity index (χ2n) is 6.33. The van der Waals surface area contributed by atoms with E-state index in [4.69, 9.17) is 11.6 Å². The lowest BCUT2D eigenvalue weighted by Crippen LogP contribution is -2.49. The number of anilines is 1. The van der Waals surface area contributed by atoms with Crippen LogP contribution < -0.4 is 4.90 Å². The number of nitrogens with zero attached hydrogens (tertiary/aromatic N) is 6. The number of aromatic nitrogens is 4. The number of amides is 1. The first-order valence-electron chi connectivity index (χ1n) is 8.81. The van der Waals surface area contributed by atoms with Crippen molar-refractivity contribution in [3.05, 3.63) is 59.6 Å². The molecule has 2 heterocycles. The summed E-state index contributed by atoms with van der Waals surface area (Å²) >= 11 is 6.27. The Hall–Kier alpha value is -2.93. The number of hydrogen-bond acceptors (Lipinski definition) is 5. The number of para-hydroxylation sites is 1. The van der Waals surface area contributed by atoms with Crippen LogP contribution in [0.1, 0.15) is 0 Å². The maximum absolute atomic E-state index is 12.6. The molecule has 138 valence electrons. The van der Waals surface area contributed by atoms with Gasteiger partial charge in [-0.15, -0.1) is 10.2 Å². The molecular weight excluding hydrogens is 364 g/mol. The van der Waals surface area contributed by atoms with Crippen molar-refractivity contribution in [2.45, 2.75) is 6.54 Å². The van der Waals surface area contributed by atoms with Crippen molar-refractivity contribution in [2.24, 2.45) is 0 Å². The highest BCUT2D eigenvalue weighted by Crippen LogP contribution is 2.26. The van der Waals surface area contributed by atoms with Crippen LogP contribution in [0.4, 0.5) is 5.69 Å². The van der Waals surface area contributed by atoms with E-state index in [9.17, 15) is 4.79 Å². The first kappa shape index (κ1) is 17.5. The van der Waals surface area contributed by atoms with Gasteiger partial charge in [-0.2, -0.15) is 4.80 Å². The molecule has 1 aliphatic rings. The fourth-order valence-corrected chi connectivity index (χ4v) is 3.39. The summed E-state index contributed by atoms with van der Waals surface area (Å²) in [7, 11) is 0. The maximum atomic E-state index is 12.6. The molecule has 1 saturated heterocycles. The number of halogens is 1. The summed E-state index contributed by atoms with van der Waals surface area (Å²) in [4.78, 5) is 18.0. The first-order valence-corrected chi connectivity index (χ1v) is 9.19. The van der Waals surface area contributed by atoms with Gasteiger partial charge in [0.05, 0.1) is 10.7 Å². The molecule has 0 N–H and O–H groups in total. The average molecular weight is 383 g/mol. The molecule has 8 heteroatoms. The highest BCUT2D eigenvalue weighted by Gasteiger charge is 2.23. The molecular formula is C19H19ClN6O. The van der Waals surface area contributed by atoms with Gasteiger partial charge >= 0.3 is 0 Å². The van der Waals surface area contributed by atoms with E-state index in [2.05, 4.69) is 20.3 Å². The fourth-order valence-electron chi connectivity index (χ4n) is 3.14. The molecule has 1 amide bonds. The fraction of sp³-hybridized carbons (Fsp3) is 0.263. The summed E-state index contributed by atoms with van der Waals surface area (Å²) < 4.78 is 0. The van der Waals surface area contributed by atoms with Crippen molar-refractivity contribution in [1.82, 2.24) is 25.1 Å². The Labute approximate surface area is 162 Å². The zero-order chi connectivity index (χ0) is 18.6. The van der Waals surface area contributed by atoms with Gasteiger partial charge < -0.3 is 9.80 Å². The number of hydrogen-bond donors (Lipinski definition) is 0. The topological polar surface area (TPSA) is 67.2 Å². The molecule has 0 bridgehead atoms. The van der Waals surface area contributed by atoms with Crippen molar-refractivity contribution in [1.29, 1.82) is 0 Å². The predicted octanol–water partition coefficient (Wildman–Crippen LogP) is 2.34. The zero-order valence-corrected chi connectivity index (χ0v) is 15.5. The molecule has 0 spiro atoms. The summed E-state index contributed by atoms with van der Waals surface area (Å²) in [6, 6.07) is 17.4. The van der Waals surface area contributed by atoms with Crippen LogP contribution in [0.25, 0.3) is 11.4 Å². The van der Waals surface area contributed by atoms with E-state index in [0.29, 0.717) is 18.9 Å². The molecule has 0 radical (unpaired) electrons. The highest BCUT2D eigenvalue weighted by molar-refractivity contribution is 6.33. The molecule has 2 aromatic carbocycles. The Kier molecular flexibility index (Phi) is 5.02. The Morgan fingerprint density at radius 1 is 0.963 bits per heavy atom. The van der Waals surface area contributed by atoms with Crippen LogP contribution in [-0.2, 0) is 11.3 Å². The van der Waals surface area contributed by atoms with E-state index in [0.717, 1.165) is 29.4 Å². The summed E-state index contributed by atoms with van der Waals surface area (Å²) in [5, 5.41) is 13.1. The lowest BCUT2D eigenvalue weighted by molar-refractivity contribution is -0.132. The molecule has 0 unspecified atom stereocenters. The average Bonchev–Trinajstić information content (AvgIpc) is 3.18. The van der Waals surface area contributed by atoms with Gasteiger partial charge in [0.2, 0.25) is 11.7 Å². The summed E-state index contributed by atoms with van der Waals surface area (Å²) in [6.07, 6.45) is 0. The van der Waals surface area contributed by atoms with Gasteiger partial charge in [0, 0.05) is 31.7 Å². The number of benzene rings is 2. The SMILES string of the molecule is O=C(Cn1nnc(-c2ccccc2)n1)N1CCN(c2ccccc2Cl)CC1. The van der Waals surface area contributed by atoms with Crippen molar-refractivity contribution in [2.75, 3.05) is 31.1 Å². The third-order valence-electron chi connectivity index (χ3n) is 4.59. The van der Waals surface area contributed by atoms with Crippen LogP contribution in [0.5, 0.6) is 0 Å². The number of piperazine rings is 1. The first-order chi connectivity index (χ1) is 13.2. The summed E-state index contributed by atoms with van der Waals surface area (Å²) in [6.45, 7) is 2.87. The lowest BCUT2D eigenvalue weighted by Gasteiger charge is -2.36. The molecule has 1 aliphatic heterocycles. The van der Waals surface area contributed by atoms with Gasteiger partial charge in [-0.3, -0.25) is 4.79 Å². The number of rotatable bonds is 4. The minimum absolute atomic E-state index is 0.00850. The minimum Gasteiger partial charge on any atom is -0.367 e. The van der Waals surface area contributed by atoms with Crippen molar-refractivity contribution >= 4 is 23.2 Å². The Morgan fingerprint density at radius 2 is 1.67 bits per heavy atom. The molecule has 0 aliphatic carbocycles. The van der Waals surface area contributed by atoms with Crippen molar-refractivity contribution in [3.63, 3.8) is 0 Å². The normalized spacial score (nSPS) is 14.4. The van der Waals surface area contributed by atoms with Gasteiger partial charge in [0.25, 0.3) is 0 Å². The molecule has 0 saturated carbocycles. The molecule has 7 nitrogen and oxygen atoms in total. The van der Waals surface area contributed by atoms with Gasteiger partial charge in [-0.25, -0.2) is 0 Å². The number of carbonyl (C=O) groups is 1. The lowest BCUT2D eigenvalue weighted by atomic mass is 10.2. The largest absolute Gasteiger partial charge is 0.367 e. The van der Waals surface area contributed by atoms with Crippen molar-refractivity contribution < 1.29 is 4.79 Å². The summed E-state index contributed by atoms with van der Waals surface area (Å²) in [5.41, 5.74) is 1.89. The van der Waals surface area contributed by atoms with Crippen LogP contribution >= 0.6 is 11.6 Å². The van der Waals surface area contributed by atoms with E-state index in [1.807, 2.05) is 59.5 Å². The van der Waals surface area contributed by atoms with Gasteiger partial charge in [0.15, 0.2) is 0 Å². The van der Waals surface area contributed by atoms with Crippen LogP contribution in [0, 0.1) is 0 Å². The number of tetrazole rings is 1. The Morgan fingerprint density at radius 3 is 2.41 bits per heavy atom. The second kappa shape index (κ2) is 7.75. The Bertz CT molecular complexity index is 921. The third kappa shape index (κ3) is 3.93. The quantitative estimate of drug-likeness (QED) is 0.692. The van der Waals surface area contributed by atoms with Crippen molar-refractivity contribution in [3.8, 4) is 11.4 Å². The zero-order valence-electron chi connectivity index (χ0n) is 14.7. The highest BCUT2D eigenvalue weighted by atomic mass is 35.5. The van der Waals surface area contributed by atoms with E-state index in [-0.39, 0.29) is 12.5 Å². The molecule has 3 aromatic rings. The molecule has 1 fully saturated rings. The molecule has 4 rings (SSSR count). The van der Waals surface area contributed by atoms with Crippen LogP contribution in [-0.4, -0.2) is 57.2 Å². The van der Waals surface area contributed by atoms with E-state index in [1.54, 1.807) is 0 Å². The standard InChI is InChI=1S/C19H19ClN6O/c20-16-8-4-5-9-17(16)24-10-12-25(13-11-24)18(27)14-26-22-19(21-23-26)15-6-2-1-3-7-15/h1-9H,10-14H2. The molecule has 1 aromatic heterocycles. The van der Waals surface area contributed by atoms with E-state index < -0.39 is 0 Å². The Balaban J connectivity index is 1.35. The van der Waals surface area contributed by atoms with Crippen LogP contribution in [0.15, 0.2) is 54.6 Å². The predicted molar refractivity (Wildman–Crippen MR) is 103 cm³/mol. The minimum atomic E-state index is -0.00850. The number of carbonyl (C=O) groups excluding carboxylic acids is 1. The van der Waals surface area contributed by atoms with E-state index in [1.165, 1.54) is 4.80 Å². The second-order valence-corrected chi connectivity index (χ2v) is 6.74. The third-order valence-corrected chi connectivity index (χ3v) is 4.91. The van der Waals surface area contributed by atoms with Crippen LogP contribution in [0.3, 0.4) is 0 Å². The smallest absolute Gasteiger partial charge is 0.246 e. The summed E-state index contributed by atoms with van der Waals surface area (Å²) in [5.74, 6) is 0.512. The van der Waals surface area contributed by atoms with Gasteiger partial charge in [0.1, 0.15) is 6.54 Å². The van der Waals surface area contributed by atoms with Crippen LogP contribution in [0.2, 0.25) is 5.02 Å².